The van der Waals surface area contributed by atoms with E-state index in [4.69, 9.17) is 4.74 Å². The number of hydrogen-bond acceptors (Lipinski definition) is 7. The average Bonchev–Trinajstić information content (AvgIpc) is 3.09. The van der Waals surface area contributed by atoms with Gasteiger partial charge >= 0.3 is 12.1 Å². The van der Waals surface area contributed by atoms with Crippen molar-refractivity contribution in [1.29, 1.82) is 0 Å². The zero-order chi connectivity index (χ0) is 33.8. The summed E-state index contributed by atoms with van der Waals surface area (Å²) in [5, 5.41) is 4.06. The molecule has 0 spiro atoms. The van der Waals surface area contributed by atoms with E-state index in [0.29, 0.717) is 12.1 Å². The average molecular weight is 652 g/mol. The summed E-state index contributed by atoms with van der Waals surface area (Å²) in [6.07, 6.45) is 8.51. The monoisotopic (exact) mass is 651 g/mol. The number of carbonyl (C=O) groups is 2. The fourth-order valence-corrected chi connectivity index (χ4v) is 6.23. The Morgan fingerprint density at radius 1 is 0.915 bits per heavy atom. The quantitative estimate of drug-likeness (QED) is 0.245. The van der Waals surface area contributed by atoms with E-state index in [2.05, 4.69) is 26.5 Å². The van der Waals surface area contributed by atoms with Crippen molar-refractivity contribution >= 4 is 23.6 Å². The maximum absolute atomic E-state index is 13.8. The molecule has 252 valence electrons. The molecule has 2 fully saturated rings. The molecule has 0 bridgehead atoms. The van der Waals surface area contributed by atoms with Gasteiger partial charge in [-0.3, -0.25) is 10.2 Å². The van der Waals surface area contributed by atoms with Crippen molar-refractivity contribution in [2.24, 2.45) is 15.1 Å². The number of carbonyl (C=O) groups excluding carboxylic acids is 2. The Morgan fingerprint density at radius 3 is 2.02 bits per heavy atom. The van der Waals surface area contributed by atoms with Crippen molar-refractivity contribution in [3.05, 3.63) is 82.6 Å². The van der Waals surface area contributed by atoms with E-state index in [1.165, 1.54) is 101 Å². The summed E-state index contributed by atoms with van der Waals surface area (Å²) >= 11 is 0. The Labute approximate surface area is 274 Å². The number of benzene rings is 2. The third kappa shape index (κ3) is 9.88. The highest BCUT2D eigenvalue weighted by atomic mass is 19.4. The van der Waals surface area contributed by atoms with Gasteiger partial charge in [-0.2, -0.15) is 18.3 Å². The number of nitrogens with zero attached hydrogens (tertiary/aromatic N) is 4. The summed E-state index contributed by atoms with van der Waals surface area (Å²) < 4.78 is 46.2. The molecule has 1 atom stereocenters. The maximum Gasteiger partial charge on any atom is 0.416 e. The van der Waals surface area contributed by atoms with Crippen molar-refractivity contribution in [3.63, 3.8) is 0 Å². The Morgan fingerprint density at radius 2 is 1.47 bits per heavy atom. The summed E-state index contributed by atoms with van der Waals surface area (Å²) in [7, 11) is 2.65. The highest BCUT2D eigenvalue weighted by molar-refractivity contribution is 6.42. The molecule has 47 heavy (non-hydrogen) atoms. The van der Waals surface area contributed by atoms with Crippen LogP contribution < -0.4 is 5.43 Å². The molecule has 0 saturated heterocycles. The van der Waals surface area contributed by atoms with E-state index >= 15 is 0 Å². The standard InChI is InChI=1S/C23H22F3N3O3.C13H22N2/c1-14-18(22(31)32-3)19(16-11-7-8-12-17(16)23(24,25)26)20(28-27-14)21(30)29(2)13-15-9-5-4-6-10-15;1-3-7-12(8-4-1)14-11-15-13-9-5-2-6-10-13/h4-12,19,27H,13H2,1-3H3;12-13H,1-10H2. The zero-order valence-electron chi connectivity index (χ0n) is 27.4. The minimum Gasteiger partial charge on any atom is -0.466 e. The van der Waals surface area contributed by atoms with Crippen LogP contribution in [-0.4, -0.2) is 54.7 Å². The molecular weight excluding hydrogens is 607 g/mol. The molecule has 1 amide bonds. The molecule has 1 aliphatic heterocycles. The molecule has 11 heteroatoms. The second-order valence-electron chi connectivity index (χ2n) is 12.2. The number of ether oxygens (including phenoxy) is 1. The number of hydrogen-bond donors (Lipinski definition) is 1. The Kier molecular flexibility index (Phi) is 12.9. The predicted molar refractivity (Wildman–Crippen MR) is 176 cm³/mol. The number of rotatable bonds is 7. The van der Waals surface area contributed by atoms with E-state index in [1.807, 2.05) is 30.3 Å². The lowest BCUT2D eigenvalue weighted by atomic mass is 9.81. The van der Waals surface area contributed by atoms with Crippen LogP contribution in [0.25, 0.3) is 0 Å². The van der Waals surface area contributed by atoms with Crippen molar-refractivity contribution in [3.8, 4) is 0 Å². The number of allylic oxidation sites excluding steroid dienone is 1. The van der Waals surface area contributed by atoms with Gasteiger partial charge in [0.05, 0.1) is 42.3 Å². The summed E-state index contributed by atoms with van der Waals surface area (Å²) in [4.78, 5) is 36.1. The molecule has 0 aromatic heterocycles. The highest BCUT2D eigenvalue weighted by Gasteiger charge is 2.43. The van der Waals surface area contributed by atoms with Crippen LogP contribution in [0, 0.1) is 0 Å². The second kappa shape index (κ2) is 17.1. The van der Waals surface area contributed by atoms with Gasteiger partial charge in [-0.25, -0.2) is 14.8 Å². The first-order chi connectivity index (χ1) is 22.6. The predicted octanol–water partition coefficient (Wildman–Crippen LogP) is 7.68. The van der Waals surface area contributed by atoms with Gasteiger partial charge in [0.25, 0.3) is 5.91 Å². The molecule has 3 aliphatic rings. The van der Waals surface area contributed by atoms with E-state index in [1.54, 1.807) is 0 Å². The smallest absolute Gasteiger partial charge is 0.416 e. The molecule has 1 N–H and O–H groups in total. The maximum atomic E-state index is 13.8. The first-order valence-corrected chi connectivity index (χ1v) is 16.3. The van der Waals surface area contributed by atoms with Gasteiger partial charge in [0, 0.05) is 19.3 Å². The van der Waals surface area contributed by atoms with Crippen LogP contribution in [0.5, 0.6) is 0 Å². The minimum atomic E-state index is -4.69. The van der Waals surface area contributed by atoms with Crippen LogP contribution in [0.1, 0.15) is 93.7 Å². The van der Waals surface area contributed by atoms with Crippen molar-refractivity contribution in [1.82, 2.24) is 10.3 Å². The zero-order valence-corrected chi connectivity index (χ0v) is 27.4. The van der Waals surface area contributed by atoms with Crippen LogP contribution >= 0.6 is 0 Å². The summed E-state index contributed by atoms with van der Waals surface area (Å²) in [5.41, 5.74) is 2.10. The molecule has 1 unspecified atom stereocenters. The van der Waals surface area contributed by atoms with Crippen LogP contribution in [0.2, 0.25) is 0 Å². The molecule has 2 aliphatic carbocycles. The number of nitrogens with one attached hydrogen (secondary N) is 1. The van der Waals surface area contributed by atoms with Crippen molar-refractivity contribution in [2.75, 3.05) is 14.2 Å². The minimum absolute atomic E-state index is 0.101. The van der Waals surface area contributed by atoms with Crippen LogP contribution in [0.4, 0.5) is 13.2 Å². The van der Waals surface area contributed by atoms with E-state index in [0.717, 1.165) is 18.7 Å². The lowest BCUT2D eigenvalue weighted by Crippen LogP contribution is -2.42. The van der Waals surface area contributed by atoms with E-state index < -0.39 is 29.5 Å². The molecule has 8 nitrogen and oxygen atoms in total. The fourth-order valence-electron chi connectivity index (χ4n) is 6.23. The Hall–Kier alpha value is -4.24. The van der Waals surface area contributed by atoms with Gasteiger partial charge in [0.2, 0.25) is 0 Å². The van der Waals surface area contributed by atoms with Gasteiger partial charge in [-0.05, 0) is 49.8 Å². The first-order valence-electron chi connectivity index (χ1n) is 16.3. The number of alkyl halides is 3. The largest absolute Gasteiger partial charge is 0.466 e. The number of halogens is 3. The molecule has 2 saturated carbocycles. The molecule has 1 heterocycles. The van der Waals surface area contributed by atoms with Gasteiger partial charge in [0.1, 0.15) is 5.71 Å². The first kappa shape index (κ1) is 35.6. The summed E-state index contributed by atoms with van der Waals surface area (Å²) in [5.74, 6) is -2.81. The number of amides is 1. The van der Waals surface area contributed by atoms with Crippen LogP contribution in [0.15, 0.2) is 81.0 Å². The van der Waals surface area contributed by atoms with E-state index in [9.17, 15) is 22.8 Å². The number of esters is 1. The molecular formula is C36H44F3N5O3. The van der Waals surface area contributed by atoms with Gasteiger partial charge in [-0.15, -0.1) is 0 Å². The van der Waals surface area contributed by atoms with Gasteiger partial charge in [-0.1, -0.05) is 87.1 Å². The van der Waals surface area contributed by atoms with E-state index in [-0.39, 0.29) is 29.1 Å². The third-order valence-electron chi connectivity index (χ3n) is 8.75. The normalized spacial score (nSPS) is 18.9. The fraction of sp³-hybridized carbons (Fsp3) is 0.500. The summed E-state index contributed by atoms with van der Waals surface area (Å²) in [6.45, 7) is 1.70. The van der Waals surface area contributed by atoms with Crippen molar-refractivity contribution in [2.45, 2.75) is 102 Å². The lowest BCUT2D eigenvalue weighted by molar-refractivity contribution is -0.139. The molecule has 0 radical (unpaired) electrons. The SMILES string of the molecule is C(=NC1CCCCC1)=NC1CCCCC1.COC(=O)C1=C(C)NN=C(C(=O)N(C)Cc2ccccc2)C1c1ccccc1C(F)(F)F. The number of hydrazone groups is 1. The summed E-state index contributed by atoms with van der Waals surface area (Å²) in [6, 6.07) is 18.0. The number of methoxy groups -OCH3 is 1. The van der Waals surface area contributed by atoms with Crippen LogP contribution in [-0.2, 0) is 27.0 Å². The molecule has 2 aromatic rings. The Balaban J connectivity index is 0.000000277. The Bertz CT molecular complexity index is 1460. The van der Waals surface area contributed by atoms with Crippen LogP contribution in [0.3, 0.4) is 0 Å². The second-order valence-corrected chi connectivity index (χ2v) is 12.2. The molecule has 2 aromatic carbocycles. The van der Waals surface area contributed by atoms with Crippen molar-refractivity contribution < 1.29 is 27.5 Å². The van der Waals surface area contributed by atoms with Gasteiger partial charge in [0.15, 0.2) is 0 Å². The highest BCUT2D eigenvalue weighted by Crippen LogP contribution is 2.40. The lowest BCUT2D eigenvalue weighted by Gasteiger charge is -2.30. The molecule has 5 rings (SSSR count). The third-order valence-corrected chi connectivity index (χ3v) is 8.75. The topological polar surface area (TPSA) is 95.7 Å². The van der Waals surface area contributed by atoms with Gasteiger partial charge < -0.3 is 9.64 Å². The number of aliphatic imine (C=N–C) groups is 2.